The molecule has 198 valence electrons. The molecule has 0 aromatic heterocycles. The number of carbonyl (C=O) groups is 2. The summed E-state index contributed by atoms with van der Waals surface area (Å²) >= 11 is 0. The fourth-order valence-electron chi connectivity index (χ4n) is 6.81. The lowest BCUT2D eigenvalue weighted by atomic mass is 9.71. The van der Waals surface area contributed by atoms with E-state index in [9.17, 15) is 14.7 Å². The molecule has 1 aromatic carbocycles. The number of methoxy groups -OCH3 is 1. The van der Waals surface area contributed by atoms with Gasteiger partial charge in [-0.3, -0.25) is 9.59 Å². The summed E-state index contributed by atoms with van der Waals surface area (Å²) in [6.45, 7) is 2.98. The molecule has 2 saturated heterocycles. The Kier molecular flexibility index (Phi) is 7.70. The molecule has 2 atom stereocenters. The lowest BCUT2D eigenvalue weighted by molar-refractivity contribution is -0.143. The molecule has 2 aliphatic carbocycles. The van der Waals surface area contributed by atoms with Crippen molar-refractivity contribution in [2.75, 3.05) is 39.8 Å². The van der Waals surface area contributed by atoms with E-state index in [-0.39, 0.29) is 23.5 Å². The third-order valence-electron chi connectivity index (χ3n) is 9.15. The van der Waals surface area contributed by atoms with E-state index in [1.54, 1.807) is 4.90 Å². The smallest absolute Gasteiger partial charge is 0.254 e. The molecule has 2 unspecified atom stereocenters. The maximum absolute atomic E-state index is 13.2. The highest BCUT2D eigenvalue weighted by Crippen LogP contribution is 2.41. The second kappa shape index (κ2) is 10.8. The summed E-state index contributed by atoms with van der Waals surface area (Å²) in [5, 5.41) is 14.0. The largest absolute Gasteiger partial charge is 0.380 e. The lowest BCUT2D eigenvalue weighted by Crippen LogP contribution is -2.61. The number of piperazine rings is 1. The Balaban J connectivity index is 1.23. The molecule has 36 heavy (non-hydrogen) atoms. The van der Waals surface area contributed by atoms with Crippen molar-refractivity contribution in [2.24, 2.45) is 0 Å². The van der Waals surface area contributed by atoms with Gasteiger partial charge in [-0.1, -0.05) is 50.7 Å². The minimum atomic E-state index is -1.13. The van der Waals surface area contributed by atoms with Gasteiger partial charge in [-0.25, -0.2) is 0 Å². The second-order valence-electron chi connectivity index (χ2n) is 11.5. The van der Waals surface area contributed by atoms with Crippen LogP contribution in [0.15, 0.2) is 24.3 Å². The number of ether oxygens (including phenoxy) is 1. The summed E-state index contributed by atoms with van der Waals surface area (Å²) in [6.07, 6.45) is 12.5. The van der Waals surface area contributed by atoms with Gasteiger partial charge in [0.1, 0.15) is 5.60 Å². The Morgan fingerprint density at radius 1 is 0.889 bits per heavy atom. The van der Waals surface area contributed by atoms with Gasteiger partial charge in [-0.05, 0) is 56.3 Å². The van der Waals surface area contributed by atoms with Crippen molar-refractivity contribution in [1.82, 2.24) is 15.1 Å². The van der Waals surface area contributed by atoms with Crippen molar-refractivity contribution in [2.45, 2.75) is 93.8 Å². The third-order valence-corrected chi connectivity index (χ3v) is 9.15. The number of rotatable bonds is 4. The molecule has 4 aliphatic rings. The van der Waals surface area contributed by atoms with Gasteiger partial charge in [-0.15, -0.1) is 0 Å². The van der Waals surface area contributed by atoms with Crippen molar-refractivity contribution < 1.29 is 19.4 Å². The minimum absolute atomic E-state index is 0.0140. The first-order valence-corrected chi connectivity index (χ1v) is 14.1. The molecule has 2 aliphatic heterocycles. The van der Waals surface area contributed by atoms with Gasteiger partial charge >= 0.3 is 0 Å². The number of hydrogen-bond donors (Lipinski definition) is 2. The minimum Gasteiger partial charge on any atom is -0.380 e. The molecule has 2 N–H and O–H groups in total. The zero-order valence-electron chi connectivity index (χ0n) is 21.8. The number of nitrogens with zero attached hydrogens (tertiary/aromatic N) is 2. The Morgan fingerprint density at radius 3 is 2.06 bits per heavy atom. The monoisotopic (exact) mass is 497 g/mol. The summed E-state index contributed by atoms with van der Waals surface area (Å²) in [7, 11) is 1.86. The number of piperidine rings is 1. The first-order chi connectivity index (χ1) is 17.5. The molecule has 2 amide bonds. The van der Waals surface area contributed by atoms with Crippen molar-refractivity contribution >= 4 is 11.8 Å². The Hall–Kier alpha value is -1.96. The zero-order chi connectivity index (χ0) is 25.2. The van der Waals surface area contributed by atoms with Crippen molar-refractivity contribution in [1.29, 1.82) is 0 Å². The van der Waals surface area contributed by atoms with E-state index in [0.29, 0.717) is 50.5 Å². The summed E-state index contributed by atoms with van der Waals surface area (Å²) in [4.78, 5) is 29.1. The summed E-state index contributed by atoms with van der Waals surface area (Å²) in [6, 6.07) is 8.18. The maximum atomic E-state index is 13.2. The van der Waals surface area contributed by atoms with Crippen molar-refractivity contribution in [3.05, 3.63) is 35.4 Å². The number of carbonyl (C=O) groups excluding carboxylic acids is 2. The van der Waals surface area contributed by atoms with Crippen LogP contribution in [0, 0.1) is 0 Å². The molecule has 7 heteroatoms. The van der Waals surface area contributed by atoms with Crippen molar-refractivity contribution in [3.63, 3.8) is 0 Å². The third kappa shape index (κ3) is 5.20. The van der Waals surface area contributed by atoms with Gasteiger partial charge < -0.3 is 25.0 Å². The van der Waals surface area contributed by atoms with Crippen LogP contribution in [0.1, 0.15) is 92.5 Å². The average molecular weight is 498 g/mol. The molecule has 0 radical (unpaired) electrons. The Labute approximate surface area is 215 Å². The highest BCUT2D eigenvalue weighted by Gasteiger charge is 2.50. The van der Waals surface area contributed by atoms with E-state index < -0.39 is 5.60 Å². The number of amides is 2. The normalized spacial score (nSPS) is 28.2. The van der Waals surface area contributed by atoms with Crippen LogP contribution in [-0.4, -0.2) is 83.8 Å². The van der Waals surface area contributed by atoms with E-state index in [0.717, 1.165) is 13.0 Å². The van der Waals surface area contributed by atoms with Crippen molar-refractivity contribution in [3.8, 4) is 0 Å². The Bertz CT molecular complexity index is 911. The first kappa shape index (κ1) is 25.7. The van der Waals surface area contributed by atoms with Gasteiger partial charge in [0.05, 0.1) is 6.10 Å². The number of aliphatic hydroxyl groups is 1. The van der Waals surface area contributed by atoms with Gasteiger partial charge in [-0.2, -0.15) is 0 Å². The molecular formula is C29H43N3O4. The van der Waals surface area contributed by atoms with E-state index in [4.69, 9.17) is 4.74 Å². The van der Waals surface area contributed by atoms with E-state index >= 15 is 0 Å². The molecular weight excluding hydrogens is 454 g/mol. The first-order valence-electron chi connectivity index (χ1n) is 14.1. The van der Waals surface area contributed by atoms with Crippen LogP contribution in [0.4, 0.5) is 0 Å². The SMILES string of the molecule is COC1C(c2ccc(C(=O)N3CCN(C(=O)C4(O)CC4)CC3)cc2)CCNC12CCCCCCCC2. The van der Waals surface area contributed by atoms with Crippen LogP contribution in [0.25, 0.3) is 0 Å². The summed E-state index contributed by atoms with van der Waals surface area (Å²) < 4.78 is 6.23. The molecule has 2 saturated carbocycles. The fraction of sp³-hybridized carbons (Fsp3) is 0.724. The number of nitrogens with one attached hydrogen (secondary N) is 1. The van der Waals surface area contributed by atoms with Gasteiger partial charge in [0, 0.05) is 50.3 Å². The fourth-order valence-corrected chi connectivity index (χ4v) is 6.81. The number of benzene rings is 1. The second-order valence-corrected chi connectivity index (χ2v) is 11.5. The van der Waals surface area contributed by atoms with Crippen LogP contribution in [0.5, 0.6) is 0 Å². The molecule has 1 spiro atoms. The molecule has 7 nitrogen and oxygen atoms in total. The zero-order valence-corrected chi connectivity index (χ0v) is 21.8. The predicted octanol–water partition coefficient (Wildman–Crippen LogP) is 3.46. The molecule has 1 aromatic rings. The van der Waals surface area contributed by atoms with Crippen LogP contribution in [0.2, 0.25) is 0 Å². The van der Waals surface area contributed by atoms with Gasteiger partial charge in [0.25, 0.3) is 11.8 Å². The average Bonchev–Trinajstić information content (AvgIpc) is 3.65. The van der Waals surface area contributed by atoms with Crippen LogP contribution in [-0.2, 0) is 9.53 Å². The van der Waals surface area contributed by atoms with Crippen LogP contribution >= 0.6 is 0 Å². The number of hydrogen-bond acceptors (Lipinski definition) is 5. The van der Waals surface area contributed by atoms with Crippen LogP contribution in [0.3, 0.4) is 0 Å². The Morgan fingerprint density at radius 2 is 1.47 bits per heavy atom. The van der Waals surface area contributed by atoms with E-state index in [2.05, 4.69) is 17.4 Å². The van der Waals surface area contributed by atoms with Gasteiger partial charge in [0.15, 0.2) is 0 Å². The molecule has 2 heterocycles. The van der Waals surface area contributed by atoms with Gasteiger partial charge in [0.2, 0.25) is 0 Å². The van der Waals surface area contributed by atoms with E-state index in [1.165, 1.54) is 56.9 Å². The maximum Gasteiger partial charge on any atom is 0.254 e. The molecule has 4 fully saturated rings. The quantitative estimate of drug-likeness (QED) is 0.666. The summed E-state index contributed by atoms with van der Waals surface area (Å²) in [5.74, 6) is 0.162. The molecule has 0 bridgehead atoms. The topological polar surface area (TPSA) is 82.1 Å². The lowest BCUT2D eigenvalue weighted by Gasteiger charge is -2.49. The highest BCUT2D eigenvalue weighted by atomic mass is 16.5. The summed E-state index contributed by atoms with van der Waals surface area (Å²) in [5.41, 5.74) is 0.859. The highest BCUT2D eigenvalue weighted by molar-refractivity contribution is 5.94. The van der Waals surface area contributed by atoms with Crippen LogP contribution < -0.4 is 5.32 Å². The predicted molar refractivity (Wildman–Crippen MR) is 139 cm³/mol. The molecule has 5 rings (SSSR count). The standard InChI is InChI=1S/C29H43N3O4/c1-36-25-24(12-17-30-28(25)13-6-4-2-3-5-7-14-28)22-8-10-23(11-9-22)26(33)31-18-20-32(21-19-31)27(34)29(35)15-16-29/h8-11,24-25,30,35H,2-7,12-21H2,1H3. The van der Waals surface area contributed by atoms with E-state index in [1.807, 2.05) is 24.1 Å².